The van der Waals surface area contributed by atoms with Crippen molar-refractivity contribution in [2.75, 3.05) is 13.7 Å². The minimum atomic E-state index is 0.580. The Bertz CT molecular complexity index is 227. The van der Waals surface area contributed by atoms with E-state index in [1.807, 2.05) is 0 Å². The van der Waals surface area contributed by atoms with Crippen molar-refractivity contribution in [1.29, 1.82) is 0 Å². The van der Waals surface area contributed by atoms with E-state index in [1.54, 1.807) is 0 Å². The Kier molecular flexibility index (Phi) is 6.66. The Morgan fingerprint density at radius 3 is 2.00 bits per heavy atom. The molecule has 2 heteroatoms. The van der Waals surface area contributed by atoms with E-state index in [9.17, 15) is 0 Å². The van der Waals surface area contributed by atoms with Crippen LogP contribution in [0.25, 0.3) is 0 Å². The molecule has 0 aromatic carbocycles. The molecule has 0 radical (unpaired) electrons. The van der Waals surface area contributed by atoms with Gasteiger partial charge in [0.25, 0.3) is 0 Å². The van der Waals surface area contributed by atoms with Crippen LogP contribution in [0.1, 0.15) is 71.1 Å². The maximum absolute atomic E-state index is 5.98. The summed E-state index contributed by atoms with van der Waals surface area (Å²) in [5.41, 5.74) is 0. The zero-order valence-corrected chi connectivity index (χ0v) is 13.0. The molecule has 0 spiro atoms. The van der Waals surface area contributed by atoms with Crippen LogP contribution < -0.4 is 5.32 Å². The standard InChI is InChI=1S/C17H33NO/c1-3-4-13-19-17-11-7-15(8-12-17)14-5-9-16(18-2)10-6-14/h14-18H,3-13H2,1-2H3. The number of ether oxygens (including phenoxy) is 1. The van der Waals surface area contributed by atoms with Crippen molar-refractivity contribution in [1.82, 2.24) is 5.32 Å². The molecule has 2 aliphatic rings. The van der Waals surface area contributed by atoms with E-state index >= 15 is 0 Å². The molecule has 0 unspecified atom stereocenters. The van der Waals surface area contributed by atoms with E-state index in [2.05, 4.69) is 19.3 Å². The van der Waals surface area contributed by atoms with Crippen LogP contribution in [0, 0.1) is 11.8 Å². The van der Waals surface area contributed by atoms with Crippen LogP contribution >= 0.6 is 0 Å². The van der Waals surface area contributed by atoms with Gasteiger partial charge < -0.3 is 10.1 Å². The van der Waals surface area contributed by atoms with Crippen LogP contribution in [0.2, 0.25) is 0 Å². The number of unbranched alkanes of at least 4 members (excludes halogenated alkanes) is 1. The average molecular weight is 267 g/mol. The first kappa shape index (κ1) is 15.3. The van der Waals surface area contributed by atoms with Gasteiger partial charge >= 0.3 is 0 Å². The first-order chi connectivity index (χ1) is 9.33. The minimum absolute atomic E-state index is 0.580. The number of nitrogens with one attached hydrogen (secondary N) is 1. The highest BCUT2D eigenvalue weighted by Gasteiger charge is 2.30. The molecule has 2 saturated carbocycles. The van der Waals surface area contributed by atoms with Crippen LogP contribution in [-0.2, 0) is 4.74 Å². The maximum Gasteiger partial charge on any atom is 0.0575 e. The molecule has 112 valence electrons. The summed E-state index contributed by atoms with van der Waals surface area (Å²) >= 11 is 0. The van der Waals surface area contributed by atoms with Gasteiger partial charge in [-0.05, 0) is 76.7 Å². The molecule has 0 saturated heterocycles. The van der Waals surface area contributed by atoms with Crippen molar-refractivity contribution < 1.29 is 4.74 Å². The van der Waals surface area contributed by atoms with Crippen LogP contribution in [0.15, 0.2) is 0 Å². The highest BCUT2D eigenvalue weighted by Crippen LogP contribution is 2.38. The molecule has 0 heterocycles. The fourth-order valence-electron chi connectivity index (χ4n) is 4.00. The van der Waals surface area contributed by atoms with E-state index < -0.39 is 0 Å². The molecule has 0 atom stereocenters. The van der Waals surface area contributed by atoms with Crippen LogP contribution in [0.4, 0.5) is 0 Å². The van der Waals surface area contributed by atoms with Crippen molar-refractivity contribution in [2.24, 2.45) is 11.8 Å². The summed E-state index contributed by atoms with van der Waals surface area (Å²) in [5.74, 6) is 2.02. The van der Waals surface area contributed by atoms with Crippen molar-refractivity contribution in [3.8, 4) is 0 Å². The van der Waals surface area contributed by atoms with Crippen molar-refractivity contribution in [3.63, 3.8) is 0 Å². The van der Waals surface area contributed by atoms with Gasteiger partial charge in [-0.25, -0.2) is 0 Å². The van der Waals surface area contributed by atoms with Gasteiger partial charge in [0.1, 0.15) is 0 Å². The molecule has 2 aliphatic carbocycles. The highest BCUT2D eigenvalue weighted by atomic mass is 16.5. The van der Waals surface area contributed by atoms with Crippen LogP contribution in [0.3, 0.4) is 0 Å². The second-order valence-electron chi connectivity index (χ2n) is 6.66. The molecule has 2 rings (SSSR count). The normalized spacial score (nSPS) is 36.3. The summed E-state index contributed by atoms with van der Waals surface area (Å²) in [6, 6.07) is 0.796. The third-order valence-electron chi connectivity index (χ3n) is 5.42. The topological polar surface area (TPSA) is 21.3 Å². The van der Waals surface area contributed by atoms with Crippen LogP contribution in [-0.4, -0.2) is 25.8 Å². The fraction of sp³-hybridized carbons (Fsp3) is 1.00. The van der Waals surface area contributed by atoms with Crippen molar-refractivity contribution in [3.05, 3.63) is 0 Å². The molecule has 0 aliphatic heterocycles. The zero-order valence-electron chi connectivity index (χ0n) is 13.0. The summed E-state index contributed by atoms with van der Waals surface area (Å²) in [6.45, 7) is 3.22. The fourth-order valence-corrected chi connectivity index (χ4v) is 4.00. The zero-order chi connectivity index (χ0) is 13.5. The third kappa shape index (κ3) is 4.75. The monoisotopic (exact) mass is 267 g/mol. The molecule has 0 aromatic heterocycles. The molecular formula is C17H33NO. The number of hydrogen-bond acceptors (Lipinski definition) is 2. The van der Waals surface area contributed by atoms with Gasteiger partial charge in [-0.2, -0.15) is 0 Å². The first-order valence-corrected chi connectivity index (χ1v) is 8.62. The van der Waals surface area contributed by atoms with E-state index in [4.69, 9.17) is 4.74 Å². The predicted molar refractivity (Wildman–Crippen MR) is 81.4 cm³/mol. The number of rotatable bonds is 6. The summed E-state index contributed by atoms with van der Waals surface area (Å²) < 4.78 is 5.98. The van der Waals surface area contributed by atoms with E-state index in [-0.39, 0.29) is 0 Å². The molecule has 1 N–H and O–H groups in total. The van der Waals surface area contributed by atoms with E-state index in [1.165, 1.54) is 64.2 Å². The molecule has 2 fully saturated rings. The first-order valence-electron chi connectivity index (χ1n) is 8.62. The third-order valence-corrected chi connectivity index (χ3v) is 5.42. The molecule has 0 bridgehead atoms. The Morgan fingerprint density at radius 2 is 1.47 bits per heavy atom. The van der Waals surface area contributed by atoms with Crippen molar-refractivity contribution >= 4 is 0 Å². The largest absolute Gasteiger partial charge is 0.378 e. The van der Waals surface area contributed by atoms with Gasteiger partial charge in [-0.15, -0.1) is 0 Å². The predicted octanol–water partition coefficient (Wildman–Crippen LogP) is 4.14. The lowest BCUT2D eigenvalue weighted by Gasteiger charge is -2.37. The molecule has 0 aromatic rings. The molecular weight excluding hydrogens is 234 g/mol. The second kappa shape index (κ2) is 8.26. The summed E-state index contributed by atoms with van der Waals surface area (Å²) in [5, 5.41) is 3.44. The quantitative estimate of drug-likeness (QED) is 0.730. The SMILES string of the molecule is CCCCOC1CCC(C2CCC(NC)CC2)CC1. The lowest BCUT2D eigenvalue weighted by Crippen LogP contribution is -2.34. The summed E-state index contributed by atoms with van der Waals surface area (Å²) in [7, 11) is 2.11. The lowest BCUT2D eigenvalue weighted by atomic mass is 9.72. The lowest BCUT2D eigenvalue weighted by molar-refractivity contribution is 0.00656. The second-order valence-corrected chi connectivity index (χ2v) is 6.66. The Balaban J connectivity index is 1.63. The minimum Gasteiger partial charge on any atom is -0.378 e. The van der Waals surface area contributed by atoms with Gasteiger partial charge in [0, 0.05) is 12.6 Å². The highest BCUT2D eigenvalue weighted by molar-refractivity contribution is 4.83. The maximum atomic E-state index is 5.98. The van der Waals surface area contributed by atoms with Gasteiger partial charge in [0.05, 0.1) is 6.10 Å². The average Bonchev–Trinajstić information content (AvgIpc) is 2.48. The van der Waals surface area contributed by atoms with Crippen LogP contribution in [0.5, 0.6) is 0 Å². The van der Waals surface area contributed by atoms with Gasteiger partial charge in [-0.3, -0.25) is 0 Å². The van der Waals surface area contributed by atoms with Gasteiger partial charge in [-0.1, -0.05) is 13.3 Å². The Hall–Kier alpha value is -0.0800. The summed E-state index contributed by atoms with van der Waals surface area (Å²) in [6.07, 6.45) is 14.3. The molecule has 2 nitrogen and oxygen atoms in total. The van der Waals surface area contributed by atoms with E-state index in [0.717, 1.165) is 24.5 Å². The van der Waals surface area contributed by atoms with Gasteiger partial charge in [0.15, 0.2) is 0 Å². The Labute approximate surface area is 119 Å². The summed E-state index contributed by atoms with van der Waals surface area (Å²) in [4.78, 5) is 0. The Morgan fingerprint density at radius 1 is 0.895 bits per heavy atom. The van der Waals surface area contributed by atoms with Gasteiger partial charge in [0.2, 0.25) is 0 Å². The molecule has 0 amide bonds. The van der Waals surface area contributed by atoms with Crippen molar-refractivity contribution in [2.45, 2.75) is 83.3 Å². The van der Waals surface area contributed by atoms with E-state index in [0.29, 0.717) is 6.10 Å². The number of hydrogen-bond donors (Lipinski definition) is 1. The molecule has 19 heavy (non-hydrogen) atoms. The smallest absolute Gasteiger partial charge is 0.0575 e.